The molecule has 0 spiro atoms. The summed E-state index contributed by atoms with van der Waals surface area (Å²) in [6.45, 7) is 1.10. The Labute approximate surface area is 123 Å². The Bertz CT molecular complexity index is 671. The van der Waals surface area contributed by atoms with Gasteiger partial charge in [0.1, 0.15) is 5.82 Å². The van der Waals surface area contributed by atoms with Crippen molar-refractivity contribution < 1.29 is 0 Å². The van der Waals surface area contributed by atoms with Crippen LogP contribution in [0.2, 0.25) is 5.02 Å². The van der Waals surface area contributed by atoms with Crippen LogP contribution < -0.4 is 0 Å². The fourth-order valence-electron chi connectivity index (χ4n) is 2.74. The second-order valence-corrected chi connectivity index (χ2v) is 5.56. The molecule has 1 saturated heterocycles. The maximum absolute atomic E-state index is 9.21. The summed E-state index contributed by atoms with van der Waals surface area (Å²) >= 11 is 5.93. The van der Waals surface area contributed by atoms with Gasteiger partial charge in [0, 0.05) is 10.6 Å². The van der Waals surface area contributed by atoms with E-state index in [9.17, 15) is 5.26 Å². The SMILES string of the molecule is CN1CCCC1c1ncc(-c2ccc(Cl)cc2C#N)[nH]1. The lowest BCUT2D eigenvalue weighted by atomic mass is 10.1. The molecular formula is C15H15ClN4. The molecule has 1 N–H and O–H groups in total. The highest BCUT2D eigenvalue weighted by molar-refractivity contribution is 6.30. The number of aromatic nitrogens is 2. The summed E-state index contributed by atoms with van der Waals surface area (Å²) in [7, 11) is 2.11. The van der Waals surface area contributed by atoms with Crippen molar-refractivity contribution in [1.82, 2.24) is 14.9 Å². The Balaban J connectivity index is 1.96. The summed E-state index contributed by atoms with van der Waals surface area (Å²) in [6, 6.07) is 7.86. The fraction of sp³-hybridized carbons (Fsp3) is 0.333. The van der Waals surface area contributed by atoms with Crippen LogP contribution in [0.25, 0.3) is 11.3 Å². The zero-order valence-corrected chi connectivity index (χ0v) is 12.0. The molecule has 0 radical (unpaired) electrons. The molecule has 1 unspecified atom stereocenters. The smallest absolute Gasteiger partial charge is 0.123 e. The first kappa shape index (κ1) is 13.2. The van der Waals surface area contributed by atoms with E-state index in [0.717, 1.165) is 30.0 Å². The monoisotopic (exact) mass is 286 g/mol. The molecule has 4 nitrogen and oxygen atoms in total. The fourth-order valence-corrected chi connectivity index (χ4v) is 2.91. The van der Waals surface area contributed by atoms with E-state index >= 15 is 0 Å². The molecule has 0 amide bonds. The van der Waals surface area contributed by atoms with E-state index in [0.29, 0.717) is 16.6 Å². The Hall–Kier alpha value is -1.83. The molecule has 0 bridgehead atoms. The molecule has 0 aliphatic carbocycles. The van der Waals surface area contributed by atoms with Gasteiger partial charge in [-0.25, -0.2) is 4.98 Å². The van der Waals surface area contributed by atoms with Gasteiger partial charge in [-0.3, -0.25) is 4.90 Å². The van der Waals surface area contributed by atoms with Gasteiger partial charge in [-0.2, -0.15) is 5.26 Å². The van der Waals surface area contributed by atoms with Crippen LogP contribution in [0.3, 0.4) is 0 Å². The van der Waals surface area contributed by atoms with Crippen LogP contribution in [0.1, 0.15) is 30.3 Å². The number of aromatic amines is 1. The summed E-state index contributed by atoms with van der Waals surface area (Å²) in [6.07, 6.45) is 4.11. The third-order valence-corrected chi connectivity index (χ3v) is 4.06. The van der Waals surface area contributed by atoms with Crippen molar-refractivity contribution in [3.63, 3.8) is 0 Å². The van der Waals surface area contributed by atoms with E-state index in [2.05, 4.69) is 28.0 Å². The summed E-state index contributed by atoms with van der Waals surface area (Å²) in [4.78, 5) is 10.1. The summed E-state index contributed by atoms with van der Waals surface area (Å²) in [5.41, 5.74) is 2.28. The molecule has 2 aromatic rings. The zero-order chi connectivity index (χ0) is 14.1. The largest absolute Gasteiger partial charge is 0.341 e. The van der Waals surface area contributed by atoms with Crippen molar-refractivity contribution in [2.45, 2.75) is 18.9 Å². The lowest BCUT2D eigenvalue weighted by Crippen LogP contribution is -2.18. The second-order valence-electron chi connectivity index (χ2n) is 5.12. The van der Waals surface area contributed by atoms with Crippen molar-refractivity contribution in [1.29, 1.82) is 5.26 Å². The van der Waals surface area contributed by atoms with Crippen molar-refractivity contribution >= 4 is 11.6 Å². The Morgan fingerprint density at radius 3 is 3.05 bits per heavy atom. The highest BCUT2D eigenvalue weighted by Crippen LogP contribution is 2.31. The first-order valence-electron chi connectivity index (χ1n) is 6.64. The number of rotatable bonds is 2. The highest BCUT2D eigenvalue weighted by Gasteiger charge is 2.25. The van der Waals surface area contributed by atoms with Gasteiger partial charge < -0.3 is 4.98 Å². The van der Waals surface area contributed by atoms with Crippen LogP contribution >= 0.6 is 11.6 Å². The number of nitrogens with zero attached hydrogens (tertiary/aromatic N) is 3. The molecule has 0 saturated carbocycles. The minimum absolute atomic E-state index is 0.349. The van der Waals surface area contributed by atoms with Crippen LogP contribution in [-0.2, 0) is 0 Å². The van der Waals surface area contributed by atoms with Gasteiger partial charge in [-0.1, -0.05) is 17.7 Å². The number of hydrogen-bond donors (Lipinski definition) is 1. The lowest BCUT2D eigenvalue weighted by molar-refractivity contribution is 0.307. The quantitative estimate of drug-likeness (QED) is 0.921. The summed E-state index contributed by atoms with van der Waals surface area (Å²) in [5, 5.41) is 9.78. The standard InChI is InChI=1S/C15H15ClN4/c1-20-6-2-3-14(20)15-18-9-13(19-15)12-5-4-11(16)7-10(12)8-17/h4-5,7,9,14H,2-3,6H2,1H3,(H,18,19). The molecule has 1 aromatic carbocycles. The Morgan fingerprint density at radius 1 is 1.50 bits per heavy atom. The molecule has 1 aromatic heterocycles. The number of benzene rings is 1. The predicted octanol–water partition coefficient (Wildman–Crippen LogP) is 3.37. The summed E-state index contributed by atoms with van der Waals surface area (Å²) < 4.78 is 0. The number of halogens is 1. The number of likely N-dealkylation sites (tertiary alicyclic amines) is 1. The molecule has 1 aliphatic heterocycles. The first-order chi connectivity index (χ1) is 9.69. The van der Waals surface area contributed by atoms with Crippen LogP contribution in [0.5, 0.6) is 0 Å². The normalized spacial score (nSPS) is 19.1. The van der Waals surface area contributed by atoms with E-state index < -0.39 is 0 Å². The molecule has 2 heterocycles. The Morgan fingerprint density at radius 2 is 2.35 bits per heavy atom. The molecule has 1 aliphatic rings. The molecule has 1 atom stereocenters. The topological polar surface area (TPSA) is 55.7 Å². The number of hydrogen-bond acceptors (Lipinski definition) is 3. The highest BCUT2D eigenvalue weighted by atomic mass is 35.5. The molecule has 20 heavy (non-hydrogen) atoms. The van der Waals surface area contributed by atoms with Crippen molar-refractivity contribution in [2.24, 2.45) is 0 Å². The van der Waals surface area contributed by atoms with E-state index in [-0.39, 0.29) is 0 Å². The van der Waals surface area contributed by atoms with Gasteiger partial charge >= 0.3 is 0 Å². The minimum atomic E-state index is 0.349. The van der Waals surface area contributed by atoms with E-state index in [1.807, 2.05) is 6.07 Å². The van der Waals surface area contributed by atoms with Gasteiger partial charge in [0.25, 0.3) is 0 Å². The van der Waals surface area contributed by atoms with Crippen LogP contribution in [0.15, 0.2) is 24.4 Å². The molecule has 102 valence electrons. The van der Waals surface area contributed by atoms with E-state index in [4.69, 9.17) is 11.6 Å². The molecule has 5 heteroatoms. The number of nitriles is 1. The third kappa shape index (κ3) is 2.31. The first-order valence-corrected chi connectivity index (χ1v) is 7.02. The Kier molecular flexibility index (Phi) is 3.47. The minimum Gasteiger partial charge on any atom is -0.341 e. The zero-order valence-electron chi connectivity index (χ0n) is 11.2. The maximum Gasteiger partial charge on any atom is 0.123 e. The van der Waals surface area contributed by atoms with E-state index in [1.54, 1.807) is 18.3 Å². The third-order valence-electron chi connectivity index (χ3n) is 3.82. The second kappa shape index (κ2) is 5.28. The lowest BCUT2D eigenvalue weighted by Gasteiger charge is -2.16. The number of H-pyrrole nitrogens is 1. The van der Waals surface area contributed by atoms with Gasteiger partial charge in [0.15, 0.2) is 0 Å². The average Bonchev–Trinajstić information content (AvgIpc) is 3.07. The number of imidazole rings is 1. The average molecular weight is 287 g/mol. The summed E-state index contributed by atoms with van der Waals surface area (Å²) in [5.74, 6) is 0.971. The predicted molar refractivity (Wildman–Crippen MR) is 78.4 cm³/mol. The van der Waals surface area contributed by atoms with Crippen LogP contribution in [-0.4, -0.2) is 28.5 Å². The molecule has 1 fully saturated rings. The van der Waals surface area contributed by atoms with Crippen LogP contribution in [0, 0.1) is 11.3 Å². The van der Waals surface area contributed by atoms with E-state index in [1.165, 1.54) is 6.42 Å². The van der Waals surface area contributed by atoms with Crippen molar-refractivity contribution in [2.75, 3.05) is 13.6 Å². The number of nitrogens with one attached hydrogen (secondary N) is 1. The van der Waals surface area contributed by atoms with Gasteiger partial charge in [-0.05, 0) is 38.6 Å². The van der Waals surface area contributed by atoms with Crippen molar-refractivity contribution in [3.8, 4) is 17.3 Å². The maximum atomic E-state index is 9.21. The van der Waals surface area contributed by atoms with Gasteiger partial charge in [0.2, 0.25) is 0 Å². The molecule has 3 rings (SSSR count). The van der Waals surface area contributed by atoms with Gasteiger partial charge in [-0.15, -0.1) is 0 Å². The van der Waals surface area contributed by atoms with Crippen LogP contribution in [0.4, 0.5) is 0 Å². The molecular weight excluding hydrogens is 272 g/mol. The van der Waals surface area contributed by atoms with Gasteiger partial charge in [0.05, 0.1) is 29.6 Å². The van der Waals surface area contributed by atoms with Crippen molar-refractivity contribution in [3.05, 3.63) is 40.8 Å².